The van der Waals surface area contributed by atoms with Crippen LogP contribution in [0.3, 0.4) is 0 Å². The Kier molecular flexibility index (Phi) is 5.40. The number of halogens is 1. The standard InChI is InChI=1S/C13H17IN2O2/c14-16-8-6-12(7-9-16)18-10-13(17)15-11-4-2-1-3-5-11/h1-5,12H,6-10H2,(H,15,17). The van der Waals surface area contributed by atoms with E-state index in [1.165, 1.54) is 0 Å². The van der Waals surface area contributed by atoms with Crippen LogP contribution in [0.15, 0.2) is 30.3 Å². The van der Waals surface area contributed by atoms with Crippen molar-refractivity contribution in [3.8, 4) is 0 Å². The number of carbonyl (C=O) groups is 1. The van der Waals surface area contributed by atoms with Crippen LogP contribution in [-0.2, 0) is 9.53 Å². The van der Waals surface area contributed by atoms with Crippen LogP contribution in [0.1, 0.15) is 12.8 Å². The number of ether oxygens (including phenoxy) is 1. The maximum Gasteiger partial charge on any atom is 0.250 e. The molecule has 0 radical (unpaired) electrons. The molecular weight excluding hydrogens is 343 g/mol. The van der Waals surface area contributed by atoms with Crippen LogP contribution >= 0.6 is 22.9 Å². The summed E-state index contributed by atoms with van der Waals surface area (Å²) >= 11 is 2.32. The van der Waals surface area contributed by atoms with Crippen molar-refractivity contribution in [3.63, 3.8) is 0 Å². The molecule has 1 aliphatic rings. The van der Waals surface area contributed by atoms with Gasteiger partial charge in [-0.3, -0.25) is 4.79 Å². The first-order chi connectivity index (χ1) is 8.74. The molecule has 98 valence electrons. The minimum Gasteiger partial charge on any atom is -0.368 e. The van der Waals surface area contributed by atoms with Crippen molar-refractivity contribution in [2.24, 2.45) is 0 Å². The molecule has 0 atom stereocenters. The van der Waals surface area contributed by atoms with Crippen molar-refractivity contribution in [3.05, 3.63) is 30.3 Å². The van der Waals surface area contributed by atoms with E-state index in [-0.39, 0.29) is 18.6 Å². The fourth-order valence-electron chi connectivity index (χ4n) is 1.90. The van der Waals surface area contributed by atoms with Crippen LogP contribution in [0.5, 0.6) is 0 Å². The molecule has 0 unspecified atom stereocenters. The first-order valence-corrected chi connectivity index (χ1v) is 7.08. The molecule has 2 rings (SSSR count). The van der Waals surface area contributed by atoms with Crippen molar-refractivity contribution in [2.45, 2.75) is 18.9 Å². The molecule has 1 aliphatic heterocycles. The molecule has 1 amide bonds. The maximum atomic E-state index is 11.7. The lowest BCUT2D eigenvalue weighted by atomic mass is 10.1. The van der Waals surface area contributed by atoms with Crippen LogP contribution in [-0.4, -0.2) is 34.8 Å². The van der Waals surface area contributed by atoms with Gasteiger partial charge in [0.1, 0.15) is 6.61 Å². The van der Waals surface area contributed by atoms with Gasteiger partial charge in [0.25, 0.3) is 0 Å². The Balaban J connectivity index is 1.69. The van der Waals surface area contributed by atoms with Crippen LogP contribution in [0.4, 0.5) is 5.69 Å². The summed E-state index contributed by atoms with van der Waals surface area (Å²) < 4.78 is 7.87. The largest absolute Gasteiger partial charge is 0.368 e. The number of nitrogens with zero attached hydrogens (tertiary/aromatic N) is 1. The van der Waals surface area contributed by atoms with E-state index < -0.39 is 0 Å². The topological polar surface area (TPSA) is 41.6 Å². The number of carbonyl (C=O) groups excluding carboxylic acids is 1. The summed E-state index contributed by atoms with van der Waals surface area (Å²) in [6.07, 6.45) is 2.22. The number of hydrogen-bond acceptors (Lipinski definition) is 3. The third-order valence-corrected chi connectivity index (χ3v) is 3.86. The first-order valence-electron chi connectivity index (χ1n) is 6.11. The number of amides is 1. The molecule has 0 aromatic heterocycles. The summed E-state index contributed by atoms with van der Waals surface area (Å²) in [6.45, 7) is 2.21. The average Bonchev–Trinajstić information content (AvgIpc) is 2.39. The predicted octanol–water partition coefficient (Wildman–Crippen LogP) is 2.46. The van der Waals surface area contributed by atoms with E-state index in [4.69, 9.17) is 4.74 Å². The highest BCUT2D eigenvalue weighted by molar-refractivity contribution is 14.1. The Labute approximate surface area is 121 Å². The molecule has 1 aromatic rings. The molecule has 1 heterocycles. The van der Waals surface area contributed by atoms with Gasteiger partial charge in [-0.1, -0.05) is 18.2 Å². The molecular formula is C13H17IN2O2. The molecule has 1 saturated heterocycles. The zero-order valence-electron chi connectivity index (χ0n) is 10.1. The summed E-state index contributed by atoms with van der Waals surface area (Å²) in [5, 5.41) is 2.81. The van der Waals surface area contributed by atoms with Crippen molar-refractivity contribution in [1.29, 1.82) is 0 Å². The molecule has 1 fully saturated rings. The van der Waals surface area contributed by atoms with E-state index in [1.807, 2.05) is 30.3 Å². The van der Waals surface area contributed by atoms with Crippen molar-refractivity contribution in [1.82, 2.24) is 3.11 Å². The van der Waals surface area contributed by atoms with Crippen molar-refractivity contribution >= 4 is 34.5 Å². The fraction of sp³-hybridized carbons (Fsp3) is 0.462. The van der Waals surface area contributed by atoms with Crippen LogP contribution < -0.4 is 5.32 Å². The summed E-state index contributed by atoms with van der Waals surface area (Å²) in [5.74, 6) is -0.0851. The summed E-state index contributed by atoms with van der Waals surface area (Å²) in [6, 6.07) is 9.45. The number of anilines is 1. The molecule has 0 saturated carbocycles. The van der Waals surface area contributed by atoms with Gasteiger partial charge in [0.2, 0.25) is 5.91 Å². The Morgan fingerprint density at radius 3 is 2.67 bits per heavy atom. The SMILES string of the molecule is O=C(COC1CCN(I)CC1)Nc1ccccc1. The van der Waals surface area contributed by atoms with Gasteiger partial charge < -0.3 is 10.1 Å². The average molecular weight is 360 g/mol. The number of rotatable bonds is 4. The molecule has 4 nitrogen and oxygen atoms in total. The second-order valence-corrected chi connectivity index (χ2v) is 5.70. The molecule has 0 spiro atoms. The molecule has 1 aromatic carbocycles. The molecule has 5 heteroatoms. The minimum absolute atomic E-state index is 0.0851. The Bertz CT molecular complexity index is 378. The van der Waals surface area contributed by atoms with Gasteiger partial charge in [-0.15, -0.1) is 0 Å². The number of nitrogens with one attached hydrogen (secondary N) is 1. The van der Waals surface area contributed by atoms with Gasteiger partial charge >= 0.3 is 0 Å². The van der Waals surface area contributed by atoms with Gasteiger partial charge in [-0.05, 0) is 25.0 Å². The van der Waals surface area contributed by atoms with Crippen molar-refractivity contribution < 1.29 is 9.53 Å². The third-order valence-electron chi connectivity index (χ3n) is 2.90. The lowest BCUT2D eigenvalue weighted by Gasteiger charge is -2.27. The lowest BCUT2D eigenvalue weighted by Crippen LogP contribution is -2.33. The van der Waals surface area contributed by atoms with Gasteiger partial charge in [0.05, 0.1) is 6.10 Å². The second kappa shape index (κ2) is 7.06. The quantitative estimate of drug-likeness (QED) is 0.663. The van der Waals surface area contributed by atoms with E-state index in [9.17, 15) is 4.79 Å². The fourth-order valence-corrected chi connectivity index (χ4v) is 2.46. The van der Waals surface area contributed by atoms with Gasteiger partial charge in [0.15, 0.2) is 0 Å². The second-order valence-electron chi connectivity index (χ2n) is 4.33. The third kappa shape index (κ3) is 4.55. The Morgan fingerprint density at radius 2 is 2.00 bits per heavy atom. The maximum absolute atomic E-state index is 11.7. The van der Waals surface area contributed by atoms with E-state index in [1.54, 1.807) is 0 Å². The zero-order valence-corrected chi connectivity index (χ0v) is 12.3. The van der Waals surface area contributed by atoms with Crippen molar-refractivity contribution in [2.75, 3.05) is 25.0 Å². The highest BCUT2D eigenvalue weighted by Crippen LogP contribution is 2.16. The van der Waals surface area contributed by atoms with Crippen LogP contribution in [0, 0.1) is 0 Å². The predicted molar refractivity (Wildman–Crippen MR) is 79.6 cm³/mol. The molecule has 1 N–H and O–H groups in total. The van der Waals surface area contributed by atoms with E-state index >= 15 is 0 Å². The summed E-state index contributed by atoms with van der Waals surface area (Å²) in [5.41, 5.74) is 0.813. The minimum atomic E-state index is -0.0851. The monoisotopic (exact) mass is 360 g/mol. The number of hydrogen-bond donors (Lipinski definition) is 1. The summed E-state index contributed by atoms with van der Waals surface area (Å²) in [4.78, 5) is 11.7. The lowest BCUT2D eigenvalue weighted by molar-refractivity contribution is -0.123. The highest BCUT2D eigenvalue weighted by Gasteiger charge is 2.18. The number of piperidine rings is 1. The Hall–Kier alpha value is -0.660. The van der Waals surface area contributed by atoms with Gasteiger partial charge in [-0.2, -0.15) is 0 Å². The number of para-hydroxylation sites is 1. The normalized spacial score (nSPS) is 17.6. The summed E-state index contributed by atoms with van der Waals surface area (Å²) in [7, 11) is 0. The first kappa shape index (κ1) is 13.8. The van der Waals surface area contributed by atoms with Crippen LogP contribution in [0.2, 0.25) is 0 Å². The smallest absolute Gasteiger partial charge is 0.250 e. The highest BCUT2D eigenvalue weighted by atomic mass is 127. The zero-order chi connectivity index (χ0) is 12.8. The van der Waals surface area contributed by atoms with Gasteiger partial charge in [-0.25, -0.2) is 3.11 Å². The van der Waals surface area contributed by atoms with Crippen LogP contribution in [0.25, 0.3) is 0 Å². The molecule has 0 aliphatic carbocycles. The molecule has 18 heavy (non-hydrogen) atoms. The van der Waals surface area contributed by atoms with E-state index in [0.29, 0.717) is 0 Å². The van der Waals surface area contributed by atoms with E-state index in [2.05, 4.69) is 31.3 Å². The van der Waals surface area contributed by atoms with E-state index in [0.717, 1.165) is 31.6 Å². The van der Waals surface area contributed by atoms with Gasteiger partial charge in [0, 0.05) is 41.6 Å². The Morgan fingerprint density at radius 1 is 1.33 bits per heavy atom. The molecule has 0 bridgehead atoms. The number of benzene rings is 1.